The molecular weight excluding hydrogens is 602 g/mol. The smallest absolute Gasteiger partial charge is 0.338 e. The minimum Gasteiger partial charge on any atom is -0.455 e. The molecule has 4 aliphatic heterocycles. The van der Waals surface area contributed by atoms with Gasteiger partial charge in [-0.05, 0) is 44.0 Å². The third-order valence-corrected chi connectivity index (χ3v) is 10.8. The first kappa shape index (κ1) is 30.6. The molecule has 0 saturated carbocycles. The summed E-state index contributed by atoms with van der Waals surface area (Å²) in [6.45, 7) is 16.2. The molecule has 0 aromatic heterocycles. The molecule has 48 heavy (non-hydrogen) atoms. The van der Waals surface area contributed by atoms with E-state index in [-0.39, 0.29) is 29.7 Å². The number of carbonyl (C=O) groups is 3. The van der Waals surface area contributed by atoms with Crippen LogP contribution in [0.4, 0.5) is 5.69 Å². The molecule has 4 aromatic rings. The SMILES string of the molecule is CC(CC(C)(C)C(=O)ON1C(=O)CCC1=O)N1CC(C)(C)c2c3c(c4ccccc4c21)C=c1c(c2c(c4ccccc14)=NCC2(C)C)O3. The van der Waals surface area contributed by atoms with Crippen LogP contribution in [0.2, 0.25) is 0 Å². The number of hydrogen-bond acceptors (Lipinski definition) is 7. The molecule has 1 saturated heterocycles. The van der Waals surface area contributed by atoms with Crippen molar-refractivity contribution < 1.29 is 24.0 Å². The lowest BCUT2D eigenvalue weighted by Gasteiger charge is -2.34. The molecule has 4 aliphatic rings. The highest BCUT2D eigenvalue weighted by atomic mass is 16.7. The lowest BCUT2D eigenvalue weighted by Crippen LogP contribution is -2.43. The number of ether oxygens (including phenoxy) is 1. The number of benzene rings is 4. The monoisotopic (exact) mass is 643 g/mol. The molecule has 4 heterocycles. The van der Waals surface area contributed by atoms with Gasteiger partial charge in [0.2, 0.25) is 0 Å². The summed E-state index contributed by atoms with van der Waals surface area (Å²) in [4.78, 5) is 50.5. The van der Waals surface area contributed by atoms with E-state index in [1.807, 2.05) is 13.8 Å². The van der Waals surface area contributed by atoms with Gasteiger partial charge in [0.25, 0.3) is 11.8 Å². The van der Waals surface area contributed by atoms with E-state index in [9.17, 15) is 14.4 Å². The van der Waals surface area contributed by atoms with Crippen molar-refractivity contribution in [3.63, 3.8) is 0 Å². The average Bonchev–Trinajstić information content (AvgIpc) is 3.65. The van der Waals surface area contributed by atoms with E-state index in [2.05, 4.69) is 94.1 Å². The van der Waals surface area contributed by atoms with Crippen molar-refractivity contribution in [3.05, 3.63) is 75.8 Å². The summed E-state index contributed by atoms with van der Waals surface area (Å²) in [6.07, 6.45) is 2.91. The Morgan fingerprint density at radius 2 is 1.52 bits per heavy atom. The lowest BCUT2D eigenvalue weighted by atomic mass is 9.81. The van der Waals surface area contributed by atoms with Crippen LogP contribution in [0.1, 0.15) is 84.4 Å². The standard InChI is InChI=1S/C40H41N3O5/c1-22(19-38(2,3)37(46)48-43-29(44)16-17-30(43)45)42-21-40(6,7)32-34(42)26-15-11-9-13-24(26)28-18-27-23-12-8-10-14-25(23)33-31(35(27)47-36(28)32)39(4,5)20-41-33/h8-15,18,22H,16-17,19-21H2,1-7H3. The van der Waals surface area contributed by atoms with E-state index in [0.717, 1.165) is 72.5 Å². The van der Waals surface area contributed by atoms with Crippen LogP contribution in [0.15, 0.2) is 53.5 Å². The summed E-state index contributed by atoms with van der Waals surface area (Å²) in [6, 6.07) is 17.0. The van der Waals surface area contributed by atoms with Crippen molar-refractivity contribution in [3.8, 4) is 11.5 Å². The lowest BCUT2D eigenvalue weighted by molar-refractivity contribution is -0.204. The molecule has 1 atom stereocenters. The second kappa shape index (κ2) is 10.1. The molecule has 246 valence electrons. The van der Waals surface area contributed by atoms with E-state index in [4.69, 9.17) is 14.6 Å². The maximum atomic E-state index is 13.4. The Hall–Kier alpha value is -4.72. The van der Waals surface area contributed by atoms with Crippen LogP contribution in [0.3, 0.4) is 0 Å². The fraction of sp³-hybridized carbons (Fsp3) is 0.400. The highest BCUT2D eigenvalue weighted by Gasteiger charge is 2.46. The molecule has 0 aliphatic carbocycles. The van der Waals surface area contributed by atoms with E-state index in [0.29, 0.717) is 18.0 Å². The van der Waals surface area contributed by atoms with Crippen molar-refractivity contribution in [2.45, 2.75) is 84.6 Å². The fourth-order valence-corrected chi connectivity index (χ4v) is 8.42. The topological polar surface area (TPSA) is 88.5 Å². The van der Waals surface area contributed by atoms with Crippen molar-refractivity contribution in [2.24, 2.45) is 10.4 Å². The van der Waals surface area contributed by atoms with E-state index >= 15 is 0 Å². The molecule has 1 unspecified atom stereocenters. The van der Waals surface area contributed by atoms with Crippen molar-refractivity contribution >= 4 is 51.1 Å². The minimum atomic E-state index is -0.959. The Labute approximate surface area is 280 Å². The van der Waals surface area contributed by atoms with Gasteiger partial charge in [-0.3, -0.25) is 14.6 Å². The highest BCUT2D eigenvalue weighted by Crippen LogP contribution is 2.55. The van der Waals surface area contributed by atoms with Crippen LogP contribution >= 0.6 is 0 Å². The largest absolute Gasteiger partial charge is 0.455 e. The van der Waals surface area contributed by atoms with Crippen LogP contribution < -0.4 is 20.2 Å². The quantitative estimate of drug-likeness (QED) is 0.208. The number of fused-ring (bicyclic) bond motifs is 12. The predicted octanol–water partition coefficient (Wildman–Crippen LogP) is 6.35. The number of amides is 2. The van der Waals surface area contributed by atoms with Gasteiger partial charge in [-0.1, -0.05) is 76.2 Å². The van der Waals surface area contributed by atoms with Crippen LogP contribution in [0.5, 0.6) is 11.5 Å². The van der Waals surface area contributed by atoms with Gasteiger partial charge in [0, 0.05) is 75.5 Å². The van der Waals surface area contributed by atoms with Crippen LogP contribution in [-0.2, 0) is 30.1 Å². The first-order chi connectivity index (χ1) is 22.7. The van der Waals surface area contributed by atoms with Crippen LogP contribution in [0, 0.1) is 5.41 Å². The third-order valence-electron chi connectivity index (χ3n) is 10.8. The van der Waals surface area contributed by atoms with E-state index in [1.165, 1.54) is 0 Å². The highest BCUT2D eigenvalue weighted by molar-refractivity contribution is 6.07. The molecule has 8 heteroatoms. The summed E-state index contributed by atoms with van der Waals surface area (Å²) in [5.74, 6) is 0.254. The van der Waals surface area contributed by atoms with Gasteiger partial charge < -0.3 is 14.5 Å². The van der Waals surface area contributed by atoms with E-state index in [1.54, 1.807) is 0 Å². The van der Waals surface area contributed by atoms with Crippen molar-refractivity contribution in [1.82, 2.24) is 5.06 Å². The summed E-state index contributed by atoms with van der Waals surface area (Å²) >= 11 is 0. The number of hydroxylamine groups is 2. The van der Waals surface area contributed by atoms with Gasteiger partial charge in [-0.25, -0.2) is 4.79 Å². The molecule has 0 radical (unpaired) electrons. The molecule has 2 amide bonds. The zero-order chi connectivity index (χ0) is 33.9. The molecular formula is C40H41N3O5. The number of imide groups is 1. The Kier molecular flexibility index (Phi) is 6.47. The Balaban J connectivity index is 1.27. The Bertz CT molecular complexity index is 2230. The van der Waals surface area contributed by atoms with Crippen molar-refractivity contribution in [2.75, 3.05) is 18.0 Å². The number of nitrogens with zero attached hydrogens (tertiary/aromatic N) is 3. The summed E-state index contributed by atoms with van der Waals surface area (Å²) < 4.78 is 7.25. The number of carbonyl (C=O) groups excluding carboxylic acids is 3. The van der Waals surface area contributed by atoms with Crippen LogP contribution in [-0.4, -0.2) is 42.0 Å². The Morgan fingerprint density at radius 1 is 0.896 bits per heavy atom. The average molecular weight is 644 g/mol. The zero-order valence-corrected chi connectivity index (χ0v) is 28.7. The summed E-state index contributed by atoms with van der Waals surface area (Å²) in [5, 5.41) is 7.33. The second-order valence-corrected chi connectivity index (χ2v) is 15.9. The predicted molar refractivity (Wildman–Crippen MR) is 186 cm³/mol. The van der Waals surface area contributed by atoms with Gasteiger partial charge in [0.1, 0.15) is 11.5 Å². The Morgan fingerprint density at radius 3 is 2.21 bits per heavy atom. The molecule has 0 spiro atoms. The number of anilines is 1. The minimum absolute atomic E-state index is 0.0647. The fourth-order valence-electron chi connectivity index (χ4n) is 8.42. The number of hydrogen-bond donors (Lipinski definition) is 0. The molecule has 8 rings (SSSR count). The van der Waals surface area contributed by atoms with Crippen molar-refractivity contribution in [1.29, 1.82) is 0 Å². The maximum Gasteiger partial charge on any atom is 0.338 e. The molecule has 4 aromatic carbocycles. The van der Waals surface area contributed by atoms with Gasteiger partial charge in [-0.15, -0.1) is 5.06 Å². The molecule has 1 fully saturated rings. The van der Waals surface area contributed by atoms with Gasteiger partial charge in [-0.2, -0.15) is 0 Å². The normalized spacial score (nSPS) is 19.3. The zero-order valence-electron chi connectivity index (χ0n) is 28.7. The third kappa shape index (κ3) is 4.34. The van der Waals surface area contributed by atoms with Gasteiger partial charge >= 0.3 is 5.97 Å². The first-order valence-corrected chi connectivity index (χ1v) is 16.9. The molecule has 8 nitrogen and oxygen atoms in total. The van der Waals surface area contributed by atoms with Crippen LogP contribution in [0.25, 0.3) is 27.6 Å². The maximum absolute atomic E-state index is 13.4. The summed E-state index contributed by atoms with van der Waals surface area (Å²) in [5.41, 5.74) is 3.12. The second-order valence-electron chi connectivity index (χ2n) is 15.9. The molecule has 0 N–H and O–H groups in total. The number of rotatable bonds is 5. The summed E-state index contributed by atoms with van der Waals surface area (Å²) in [7, 11) is 0. The first-order valence-electron chi connectivity index (χ1n) is 16.9. The molecule has 0 bridgehead atoms. The van der Waals surface area contributed by atoms with Gasteiger partial charge in [0.15, 0.2) is 0 Å². The van der Waals surface area contributed by atoms with E-state index < -0.39 is 23.2 Å². The van der Waals surface area contributed by atoms with Gasteiger partial charge in [0.05, 0.1) is 16.5 Å².